The fourth-order valence-corrected chi connectivity index (χ4v) is 0.594. The molecule has 0 heterocycles. The molecule has 0 spiro atoms. The van der Waals surface area contributed by atoms with Crippen LogP contribution in [0, 0.1) is 0 Å². The van der Waals surface area contributed by atoms with E-state index in [0.29, 0.717) is 6.29 Å². The number of hydrogen-bond donors (Lipinski definition) is 4. The number of carbonyl (C=O) groups is 1. The van der Waals surface area contributed by atoms with Gasteiger partial charge in [0, 0.05) is 0 Å². The van der Waals surface area contributed by atoms with Gasteiger partial charge in [-0.15, -0.1) is 0 Å². The first-order chi connectivity index (χ1) is 5.00. The molecule has 4 atom stereocenters. The minimum Gasteiger partial charge on any atom is -0.391 e. The molecule has 0 aliphatic carbocycles. The minimum absolute atomic E-state index is 0.316. The number of carbonyl (C=O) groups excluding carboxylic acids is 1. The Balaban J connectivity index is 4.00. The van der Waals surface area contributed by atoms with Crippen molar-refractivity contribution in [2.75, 3.05) is 0 Å². The Morgan fingerprint density at radius 3 is 2.00 bits per heavy atom. The Hall–Kier alpha value is -0.490. The number of aldehydes is 1. The van der Waals surface area contributed by atoms with Crippen molar-refractivity contribution in [1.29, 1.82) is 0 Å². The van der Waals surface area contributed by atoms with E-state index in [2.05, 4.69) is 0 Å². The van der Waals surface area contributed by atoms with Crippen molar-refractivity contribution < 1.29 is 20.1 Å². The van der Waals surface area contributed by atoms with Crippen LogP contribution in [0.3, 0.4) is 0 Å². The number of aliphatic hydroxyl groups is 3. The molecule has 0 amide bonds. The molecular formula is C6H13NO4. The molecule has 0 fully saturated rings. The molecule has 0 aromatic heterocycles. The summed E-state index contributed by atoms with van der Waals surface area (Å²) in [5, 5.41) is 26.7. The third-order valence-electron chi connectivity index (χ3n) is 1.40. The van der Waals surface area contributed by atoms with E-state index in [1.165, 1.54) is 6.92 Å². The molecule has 0 aliphatic heterocycles. The van der Waals surface area contributed by atoms with Crippen molar-refractivity contribution in [2.24, 2.45) is 5.73 Å². The predicted octanol–water partition coefficient (Wildman–Crippen LogP) is -2.38. The minimum atomic E-state index is -1.41. The van der Waals surface area contributed by atoms with E-state index >= 15 is 0 Å². The Labute approximate surface area is 64.4 Å². The van der Waals surface area contributed by atoms with Crippen LogP contribution in [0.4, 0.5) is 0 Å². The molecule has 0 aromatic carbocycles. The van der Waals surface area contributed by atoms with Crippen LogP contribution in [0.1, 0.15) is 6.92 Å². The SMILES string of the molecule is C[C@@H](O)[C@@H](O)[C@H](O)[C@@H](N)C=O. The summed E-state index contributed by atoms with van der Waals surface area (Å²) in [6.07, 6.45) is -3.57. The molecule has 0 radical (unpaired) electrons. The third kappa shape index (κ3) is 2.94. The Morgan fingerprint density at radius 1 is 1.27 bits per heavy atom. The monoisotopic (exact) mass is 163 g/mol. The molecule has 0 aliphatic rings. The molecular weight excluding hydrogens is 150 g/mol. The fraction of sp³-hybridized carbons (Fsp3) is 0.833. The number of nitrogens with two attached hydrogens (primary N) is 1. The van der Waals surface area contributed by atoms with Gasteiger partial charge in [0.25, 0.3) is 0 Å². The summed E-state index contributed by atoms with van der Waals surface area (Å²) < 4.78 is 0. The lowest BCUT2D eigenvalue weighted by molar-refractivity contribution is -0.115. The van der Waals surface area contributed by atoms with E-state index < -0.39 is 24.4 Å². The molecule has 66 valence electrons. The van der Waals surface area contributed by atoms with Crippen molar-refractivity contribution >= 4 is 6.29 Å². The topological polar surface area (TPSA) is 104 Å². The number of hydrogen-bond acceptors (Lipinski definition) is 5. The molecule has 5 N–H and O–H groups in total. The predicted molar refractivity (Wildman–Crippen MR) is 37.7 cm³/mol. The van der Waals surface area contributed by atoms with Crippen molar-refractivity contribution in [1.82, 2.24) is 0 Å². The average molecular weight is 163 g/mol. The highest BCUT2D eigenvalue weighted by atomic mass is 16.4. The zero-order chi connectivity index (χ0) is 9.02. The maximum atomic E-state index is 10.00. The van der Waals surface area contributed by atoms with Gasteiger partial charge in [0.05, 0.1) is 12.1 Å². The van der Waals surface area contributed by atoms with Gasteiger partial charge in [-0.1, -0.05) is 0 Å². The van der Waals surface area contributed by atoms with Crippen LogP contribution in [-0.4, -0.2) is 46.0 Å². The first-order valence-corrected chi connectivity index (χ1v) is 3.25. The van der Waals surface area contributed by atoms with Crippen LogP contribution >= 0.6 is 0 Å². The smallest absolute Gasteiger partial charge is 0.139 e. The van der Waals surface area contributed by atoms with E-state index in [0.717, 1.165) is 0 Å². The standard InChI is InChI=1S/C6H13NO4/c1-3(9)5(10)6(11)4(7)2-8/h2-6,9-11H,7H2,1H3/t3-,4+,5-,6-/m1/s1. The highest BCUT2D eigenvalue weighted by Crippen LogP contribution is 2.01. The van der Waals surface area contributed by atoms with Crippen molar-refractivity contribution in [3.63, 3.8) is 0 Å². The van der Waals surface area contributed by atoms with Crippen LogP contribution in [0.5, 0.6) is 0 Å². The van der Waals surface area contributed by atoms with Gasteiger partial charge in [0.15, 0.2) is 0 Å². The van der Waals surface area contributed by atoms with E-state index in [1.807, 2.05) is 0 Å². The largest absolute Gasteiger partial charge is 0.391 e. The van der Waals surface area contributed by atoms with E-state index in [1.54, 1.807) is 0 Å². The molecule has 11 heavy (non-hydrogen) atoms. The summed E-state index contributed by atoms with van der Waals surface area (Å²) in [5.41, 5.74) is 5.07. The van der Waals surface area contributed by atoms with Crippen molar-refractivity contribution in [3.8, 4) is 0 Å². The lowest BCUT2D eigenvalue weighted by atomic mass is 10.0. The van der Waals surface area contributed by atoms with Gasteiger partial charge >= 0.3 is 0 Å². The van der Waals surface area contributed by atoms with E-state index in [9.17, 15) is 4.79 Å². The van der Waals surface area contributed by atoms with Gasteiger partial charge in [-0.05, 0) is 6.92 Å². The van der Waals surface area contributed by atoms with Gasteiger partial charge in [-0.3, -0.25) is 0 Å². The number of rotatable bonds is 4. The molecule has 5 heteroatoms. The molecule has 0 rings (SSSR count). The maximum absolute atomic E-state index is 10.00. The van der Waals surface area contributed by atoms with Gasteiger partial charge in [-0.25, -0.2) is 0 Å². The Morgan fingerprint density at radius 2 is 1.73 bits per heavy atom. The summed E-state index contributed by atoms with van der Waals surface area (Å²) in [6, 6.07) is -1.15. The normalized spacial score (nSPS) is 21.9. The first kappa shape index (κ1) is 10.5. The second-order valence-corrected chi connectivity index (χ2v) is 2.44. The van der Waals surface area contributed by atoms with Gasteiger partial charge < -0.3 is 25.8 Å². The quantitative estimate of drug-likeness (QED) is 0.346. The van der Waals surface area contributed by atoms with Crippen molar-refractivity contribution in [3.05, 3.63) is 0 Å². The van der Waals surface area contributed by atoms with E-state index in [4.69, 9.17) is 21.1 Å². The molecule has 0 aromatic rings. The first-order valence-electron chi connectivity index (χ1n) is 3.25. The summed E-state index contributed by atoms with van der Waals surface area (Å²) in [6.45, 7) is 1.30. The lowest BCUT2D eigenvalue weighted by Crippen LogP contribution is -2.48. The highest BCUT2D eigenvalue weighted by molar-refractivity contribution is 5.58. The summed E-state index contributed by atoms with van der Waals surface area (Å²) in [7, 11) is 0. The van der Waals surface area contributed by atoms with Gasteiger partial charge in [0.2, 0.25) is 0 Å². The van der Waals surface area contributed by atoms with Crippen LogP contribution in [0.2, 0.25) is 0 Å². The maximum Gasteiger partial charge on any atom is 0.139 e. The second kappa shape index (κ2) is 4.40. The van der Waals surface area contributed by atoms with Crippen molar-refractivity contribution in [2.45, 2.75) is 31.3 Å². The van der Waals surface area contributed by atoms with Crippen LogP contribution in [-0.2, 0) is 4.79 Å². The number of aliphatic hydroxyl groups excluding tert-OH is 3. The lowest BCUT2D eigenvalue weighted by Gasteiger charge is -2.21. The molecule has 5 nitrogen and oxygen atoms in total. The molecule has 0 unspecified atom stereocenters. The fourth-order valence-electron chi connectivity index (χ4n) is 0.594. The summed E-state index contributed by atoms with van der Waals surface area (Å²) >= 11 is 0. The molecule has 0 bridgehead atoms. The second-order valence-electron chi connectivity index (χ2n) is 2.44. The van der Waals surface area contributed by atoms with Crippen LogP contribution in [0.15, 0.2) is 0 Å². The average Bonchev–Trinajstić information content (AvgIpc) is 2.00. The Bertz CT molecular complexity index is 128. The molecule has 0 saturated heterocycles. The Kier molecular flexibility index (Phi) is 4.20. The van der Waals surface area contributed by atoms with E-state index in [-0.39, 0.29) is 0 Å². The van der Waals surface area contributed by atoms with Crippen LogP contribution < -0.4 is 5.73 Å². The summed E-state index contributed by atoms with van der Waals surface area (Å²) in [4.78, 5) is 10.00. The third-order valence-corrected chi connectivity index (χ3v) is 1.40. The van der Waals surface area contributed by atoms with Gasteiger partial charge in [0.1, 0.15) is 18.5 Å². The van der Waals surface area contributed by atoms with Gasteiger partial charge in [-0.2, -0.15) is 0 Å². The zero-order valence-electron chi connectivity index (χ0n) is 6.21. The van der Waals surface area contributed by atoms with Crippen LogP contribution in [0.25, 0.3) is 0 Å². The molecule has 0 saturated carbocycles. The zero-order valence-corrected chi connectivity index (χ0v) is 6.21. The summed E-state index contributed by atoms with van der Waals surface area (Å²) in [5.74, 6) is 0. The highest BCUT2D eigenvalue weighted by Gasteiger charge is 2.26.